The van der Waals surface area contributed by atoms with E-state index < -0.39 is 0 Å². The summed E-state index contributed by atoms with van der Waals surface area (Å²) in [5, 5.41) is 1.63. The fourth-order valence-electron chi connectivity index (χ4n) is 3.97. The van der Waals surface area contributed by atoms with Gasteiger partial charge < -0.3 is 0 Å². The maximum atomic E-state index is 2.34. The first-order chi connectivity index (χ1) is 10.2. The van der Waals surface area contributed by atoms with Gasteiger partial charge in [0.1, 0.15) is 0 Å². The van der Waals surface area contributed by atoms with E-state index in [9.17, 15) is 0 Å². The molecular formula is C20H30S. The maximum Gasteiger partial charge on any atom is 0.0386 e. The Labute approximate surface area is 134 Å². The molecule has 0 spiro atoms. The van der Waals surface area contributed by atoms with Gasteiger partial charge >= 0.3 is 0 Å². The van der Waals surface area contributed by atoms with Crippen molar-refractivity contribution in [3.8, 4) is 0 Å². The van der Waals surface area contributed by atoms with Crippen molar-refractivity contribution < 1.29 is 0 Å². The quantitative estimate of drug-likeness (QED) is 0.589. The van der Waals surface area contributed by atoms with Gasteiger partial charge in [0, 0.05) is 9.58 Å². The highest BCUT2D eigenvalue weighted by Gasteiger charge is 2.21. The van der Waals surface area contributed by atoms with Crippen molar-refractivity contribution in [2.24, 2.45) is 0 Å². The first kappa shape index (κ1) is 16.5. The molecule has 0 atom stereocenters. The molecule has 1 aromatic carbocycles. The van der Waals surface area contributed by atoms with E-state index in [1.165, 1.54) is 38.5 Å². The molecule has 0 N–H and O–H groups in total. The van der Waals surface area contributed by atoms with Crippen LogP contribution < -0.4 is 0 Å². The summed E-state index contributed by atoms with van der Waals surface area (Å²) in [6.45, 7) is 14.0. The molecule has 0 bridgehead atoms. The lowest BCUT2D eigenvalue weighted by Gasteiger charge is -2.19. The average molecular weight is 303 g/mol. The fourth-order valence-corrected chi connectivity index (χ4v) is 5.47. The van der Waals surface area contributed by atoms with Crippen LogP contribution in [0.3, 0.4) is 0 Å². The van der Waals surface area contributed by atoms with Gasteiger partial charge in [0.2, 0.25) is 0 Å². The van der Waals surface area contributed by atoms with E-state index in [1.807, 2.05) is 0 Å². The van der Waals surface area contributed by atoms with Crippen LogP contribution in [0.2, 0.25) is 0 Å². The van der Waals surface area contributed by atoms with Crippen LogP contribution in [0.5, 0.6) is 0 Å². The lowest BCUT2D eigenvalue weighted by atomic mass is 9.86. The lowest BCUT2D eigenvalue weighted by molar-refractivity contribution is 0.959. The van der Waals surface area contributed by atoms with Crippen LogP contribution in [-0.4, -0.2) is 0 Å². The summed E-state index contributed by atoms with van der Waals surface area (Å²) >= 11 is 2.08. The van der Waals surface area contributed by atoms with Gasteiger partial charge in [-0.05, 0) is 71.7 Å². The molecule has 0 unspecified atom stereocenters. The van der Waals surface area contributed by atoms with Crippen molar-refractivity contribution in [1.29, 1.82) is 0 Å². The van der Waals surface area contributed by atoms with Crippen LogP contribution in [-0.2, 0) is 38.5 Å². The Balaban J connectivity index is 3.01. The van der Waals surface area contributed by atoms with Crippen molar-refractivity contribution in [2.45, 2.75) is 80.1 Å². The largest absolute Gasteiger partial charge is 0.140 e. The minimum Gasteiger partial charge on any atom is -0.140 e. The summed E-state index contributed by atoms with van der Waals surface area (Å²) in [6, 6.07) is 0. The molecule has 1 heterocycles. The SMILES string of the molecule is CCc1sc2c(CC)c(CC)c(CC)c(CC)c2c1CC. The third kappa shape index (κ3) is 2.54. The Hall–Kier alpha value is -0.820. The van der Waals surface area contributed by atoms with Crippen LogP contribution in [0, 0.1) is 0 Å². The Morgan fingerprint density at radius 1 is 0.524 bits per heavy atom. The average Bonchev–Trinajstić information content (AvgIpc) is 2.90. The van der Waals surface area contributed by atoms with Crippen molar-refractivity contribution in [3.63, 3.8) is 0 Å². The third-order valence-corrected chi connectivity index (χ3v) is 6.28. The van der Waals surface area contributed by atoms with Crippen LogP contribution in [0.1, 0.15) is 74.2 Å². The summed E-state index contributed by atoms with van der Waals surface area (Å²) in [5.74, 6) is 0. The van der Waals surface area contributed by atoms with Gasteiger partial charge in [-0.2, -0.15) is 0 Å². The Kier molecular flexibility index (Phi) is 5.48. The zero-order valence-electron chi connectivity index (χ0n) is 14.7. The van der Waals surface area contributed by atoms with E-state index in [1.54, 1.807) is 42.8 Å². The Morgan fingerprint density at radius 3 is 1.43 bits per heavy atom. The molecule has 0 aliphatic carbocycles. The van der Waals surface area contributed by atoms with Crippen LogP contribution in [0.15, 0.2) is 0 Å². The number of aryl methyl sites for hydroxylation is 4. The zero-order chi connectivity index (χ0) is 15.6. The molecule has 2 rings (SSSR count). The standard InChI is InChI=1S/C20H30S/c1-7-13-14(8-2)16(10-4)20-19(15(13)9-3)17(11-5)18(12-6)21-20/h7-12H2,1-6H3. The summed E-state index contributed by atoms with van der Waals surface area (Å²) in [7, 11) is 0. The fraction of sp³-hybridized carbons (Fsp3) is 0.600. The van der Waals surface area contributed by atoms with E-state index in [-0.39, 0.29) is 0 Å². The van der Waals surface area contributed by atoms with Gasteiger partial charge in [0.25, 0.3) is 0 Å². The molecule has 0 aliphatic rings. The van der Waals surface area contributed by atoms with Crippen LogP contribution in [0.25, 0.3) is 10.1 Å². The second-order valence-corrected chi connectivity index (χ2v) is 6.85. The number of hydrogen-bond donors (Lipinski definition) is 0. The molecule has 2 aromatic rings. The highest BCUT2D eigenvalue weighted by Crippen LogP contribution is 2.41. The maximum absolute atomic E-state index is 2.34. The topological polar surface area (TPSA) is 0 Å². The second kappa shape index (κ2) is 6.96. The van der Waals surface area contributed by atoms with Gasteiger partial charge in [0.15, 0.2) is 0 Å². The summed E-state index contributed by atoms with van der Waals surface area (Å²) in [6.07, 6.45) is 7.05. The molecule has 0 fully saturated rings. The molecule has 0 saturated heterocycles. The Morgan fingerprint density at radius 2 is 1.00 bits per heavy atom. The van der Waals surface area contributed by atoms with E-state index in [0.717, 1.165) is 0 Å². The van der Waals surface area contributed by atoms with Gasteiger partial charge in [-0.3, -0.25) is 0 Å². The minimum atomic E-state index is 1.17. The third-order valence-electron chi connectivity index (χ3n) is 4.85. The predicted octanol–water partition coefficient (Wildman–Crippen LogP) is 6.28. The number of thiophene rings is 1. The summed E-state index contributed by atoms with van der Waals surface area (Å²) < 4.78 is 1.61. The lowest BCUT2D eigenvalue weighted by Crippen LogP contribution is -2.04. The van der Waals surface area contributed by atoms with Gasteiger partial charge in [-0.15, -0.1) is 11.3 Å². The van der Waals surface area contributed by atoms with Crippen molar-refractivity contribution in [2.75, 3.05) is 0 Å². The first-order valence-corrected chi connectivity index (χ1v) is 9.59. The van der Waals surface area contributed by atoms with Crippen molar-refractivity contribution in [3.05, 3.63) is 32.7 Å². The van der Waals surface area contributed by atoms with Gasteiger partial charge in [0.05, 0.1) is 0 Å². The summed E-state index contributed by atoms with van der Waals surface area (Å²) in [5.41, 5.74) is 8.23. The highest BCUT2D eigenvalue weighted by molar-refractivity contribution is 7.19. The first-order valence-electron chi connectivity index (χ1n) is 8.77. The minimum absolute atomic E-state index is 1.17. The molecule has 0 radical (unpaired) electrons. The van der Waals surface area contributed by atoms with E-state index in [2.05, 4.69) is 52.9 Å². The van der Waals surface area contributed by atoms with Crippen LogP contribution in [0.4, 0.5) is 0 Å². The second-order valence-electron chi connectivity index (χ2n) is 5.74. The molecule has 0 nitrogen and oxygen atoms in total. The van der Waals surface area contributed by atoms with Gasteiger partial charge in [-0.25, -0.2) is 0 Å². The molecule has 1 aromatic heterocycles. The highest BCUT2D eigenvalue weighted by atomic mass is 32.1. The normalized spacial score (nSPS) is 11.5. The molecule has 0 aliphatic heterocycles. The Bertz CT molecular complexity index is 631. The number of fused-ring (bicyclic) bond motifs is 1. The molecular weight excluding hydrogens is 272 g/mol. The van der Waals surface area contributed by atoms with Gasteiger partial charge in [-0.1, -0.05) is 41.5 Å². The molecule has 0 amide bonds. The summed E-state index contributed by atoms with van der Waals surface area (Å²) in [4.78, 5) is 1.62. The molecule has 0 saturated carbocycles. The monoisotopic (exact) mass is 302 g/mol. The molecule has 21 heavy (non-hydrogen) atoms. The molecule has 116 valence electrons. The number of hydrogen-bond acceptors (Lipinski definition) is 1. The number of rotatable bonds is 6. The zero-order valence-corrected chi connectivity index (χ0v) is 15.5. The van der Waals surface area contributed by atoms with E-state index in [0.29, 0.717) is 0 Å². The van der Waals surface area contributed by atoms with E-state index >= 15 is 0 Å². The molecule has 1 heteroatoms. The van der Waals surface area contributed by atoms with Crippen molar-refractivity contribution in [1.82, 2.24) is 0 Å². The van der Waals surface area contributed by atoms with Crippen molar-refractivity contribution >= 4 is 21.4 Å². The predicted molar refractivity (Wildman–Crippen MR) is 98.1 cm³/mol. The smallest absolute Gasteiger partial charge is 0.0386 e. The van der Waals surface area contributed by atoms with E-state index in [4.69, 9.17) is 0 Å². The number of benzene rings is 1. The van der Waals surface area contributed by atoms with Crippen LogP contribution >= 0.6 is 11.3 Å².